The highest BCUT2D eigenvalue weighted by atomic mass is 35.5. The minimum Gasteiger partial charge on any atom is -0.480 e. The van der Waals surface area contributed by atoms with Crippen molar-refractivity contribution >= 4 is 41.0 Å². The lowest BCUT2D eigenvalue weighted by molar-refractivity contribution is -0.143. The summed E-state index contributed by atoms with van der Waals surface area (Å²) in [5, 5.41) is 10.9. The molecule has 1 aliphatic carbocycles. The Kier molecular flexibility index (Phi) is 7.46. The smallest absolute Gasteiger partial charge is 0.405 e. The van der Waals surface area contributed by atoms with Crippen molar-refractivity contribution in [3.8, 4) is 0 Å². The Bertz CT molecular complexity index is 1240. The monoisotopic (exact) mass is 589 g/mol. The summed E-state index contributed by atoms with van der Waals surface area (Å²) in [4.78, 5) is 53.7. The summed E-state index contributed by atoms with van der Waals surface area (Å²) in [5.74, 6) is -4.18. The molecule has 218 valence electrons. The highest BCUT2D eigenvalue weighted by Gasteiger charge is 2.55. The van der Waals surface area contributed by atoms with Crippen LogP contribution in [-0.4, -0.2) is 78.1 Å². The van der Waals surface area contributed by atoms with Crippen LogP contribution in [0.4, 0.5) is 23.2 Å². The number of nitrogens with zero attached hydrogens (tertiary/aromatic N) is 2. The van der Waals surface area contributed by atoms with Crippen molar-refractivity contribution < 1.29 is 41.8 Å². The van der Waals surface area contributed by atoms with Gasteiger partial charge in [0, 0.05) is 36.5 Å². The Balaban J connectivity index is 1.31. The molecule has 1 aromatic carbocycles. The molecule has 0 radical (unpaired) electrons. The number of nitrogens with one attached hydrogen (secondary N) is 3. The number of benzene rings is 1. The number of hydrogen-bond acceptors (Lipinski definition) is 6. The third-order valence-corrected chi connectivity index (χ3v) is 8.95. The normalized spacial score (nSPS) is 27.5. The Labute approximate surface area is 231 Å². The molecule has 0 aromatic heterocycles. The molecule has 5 rings (SSSR count). The van der Waals surface area contributed by atoms with Crippen LogP contribution in [0.25, 0.3) is 0 Å². The number of alkyl halides is 3. The fraction of sp³-hybridized carbons (Fsp3) is 0.600. The van der Waals surface area contributed by atoms with E-state index in [0.29, 0.717) is 19.3 Å². The molecule has 0 bridgehead atoms. The number of amides is 3. The first kappa shape index (κ1) is 28.6. The molecule has 4 unspecified atom stereocenters. The van der Waals surface area contributed by atoms with Crippen LogP contribution in [0.1, 0.15) is 37.7 Å². The van der Waals surface area contributed by atoms with E-state index >= 15 is 0 Å². The van der Waals surface area contributed by atoms with Gasteiger partial charge in [-0.1, -0.05) is 11.6 Å². The highest BCUT2D eigenvalue weighted by molar-refractivity contribution is 6.33. The van der Waals surface area contributed by atoms with Gasteiger partial charge in [0.2, 0.25) is 17.7 Å². The number of carboxylic acid groups (broad SMARTS) is 1. The largest absolute Gasteiger partial charge is 0.480 e. The summed E-state index contributed by atoms with van der Waals surface area (Å²) < 4.78 is 52.2. The van der Waals surface area contributed by atoms with Gasteiger partial charge in [0.25, 0.3) is 0 Å². The first-order valence-electron chi connectivity index (χ1n) is 13.0. The molecular formula is C25H28ClF4N5O5. The van der Waals surface area contributed by atoms with Gasteiger partial charge in [-0.2, -0.15) is 13.2 Å². The Morgan fingerprint density at radius 2 is 1.85 bits per heavy atom. The van der Waals surface area contributed by atoms with E-state index < -0.39 is 54.3 Å². The molecule has 40 heavy (non-hydrogen) atoms. The average Bonchev–Trinajstić information content (AvgIpc) is 3.43. The molecule has 4 aliphatic rings. The quantitative estimate of drug-likeness (QED) is 0.385. The van der Waals surface area contributed by atoms with Gasteiger partial charge in [0.15, 0.2) is 0 Å². The van der Waals surface area contributed by atoms with Crippen LogP contribution >= 0.6 is 11.6 Å². The van der Waals surface area contributed by atoms with E-state index in [1.54, 1.807) is 10.2 Å². The van der Waals surface area contributed by atoms with Crippen molar-refractivity contribution in [2.24, 2.45) is 11.8 Å². The van der Waals surface area contributed by atoms with Crippen molar-refractivity contribution in [2.45, 2.75) is 55.8 Å². The lowest BCUT2D eigenvalue weighted by Crippen LogP contribution is -2.53. The molecule has 1 aromatic rings. The molecule has 3 aliphatic heterocycles. The van der Waals surface area contributed by atoms with Gasteiger partial charge in [0.1, 0.15) is 24.9 Å². The first-order chi connectivity index (χ1) is 18.8. The number of carbonyl (C=O) groups is 4. The summed E-state index contributed by atoms with van der Waals surface area (Å²) >= 11 is 6.32. The highest BCUT2D eigenvalue weighted by Crippen LogP contribution is 2.51. The fourth-order valence-electron chi connectivity index (χ4n) is 6.61. The summed E-state index contributed by atoms with van der Waals surface area (Å²) in [7, 11) is 0. The van der Waals surface area contributed by atoms with Crippen LogP contribution in [-0.2, 0) is 24.6 Å². The number of hydrazine groups is 1. The maximum absolute atomic E-state index is 14.5. The molecule has 3 heterocycles. The van der Waals surface area contributed by atoms with Crippen LogP contribution in [0.2, 0.25) is 5.02 Å². The van der Waals surface area contributed by atoms with Gasteiger partial charge in [-0.25, -0.2) is 9.82 Å². The van der Waals surface area contributed by atoms with E-state index in [1.165, 1.54) is 6.07 Å². The number of likely N-dealkylation sites (tertiary alicyclic amines) is 1. The predicted molar refractivity (Wildman–Crippen MR) is 133 cm³/mol. The number of aliphatic carboxylic acids is 1. The molecule has 15 heteroatoms. The molecule has 2 saturated heterocycles. The van der Waals surface area contributed by atoms with Crippen molar-refractivity contribution in [1.82, 2.24) is 21.1 Å². The number of carboxylic acids is 1. The lowest BCUT2D eigenvalue weighted by atomic mass is 9.72. The van der Waals surface area contributed by atoms with E-state index in [-0.39, 0.29) is 66.0 Å². The molecular weight excluding hydrogens is 562 g/mol. The summed E-state index contributed by atoms with van der Waals surface area (Å²) in [6.07, 6.45) is -2.89. The predicted octanol–water partition coefficient (Wildman–Crippen LogP) is 1.71. The topological polar surface area (TPSA) is 131 Å². The molecule has 10 nitrogen and oxygen atoms in total. The van der Waals surface area contributed by atoms with Crippen LogP contribution < -0.4 is 21.1 Å². The minimum absolute atomic E-state index is 0.0428. The van der Waals surface area contributed by atoms with E-state index in [2.05, 4.69) is 10.9 Å². The zero-order valence-electron chi connectivity index (χ0n) is 21.2. The summed E-state index contributed by atoms with van der Waals surface area (Å²) in [5.41, 5.74) is 4.75. The number of carbonyl (C=O) groups excluding carboxylic acids is 3. The third kappa shape index (κ3) is 5.00. The van der Waals surface area contributed by atoms with E-state index in [0.717, 1.165) is 11.0 Å². The van der Waals surface area contributed by atoms with Crippen molar-refractivity contribution in [3.05, 3.63) is 28.5 Å². The van der Waals surface area contributed by atoms with Gasteiger partial charge >= 0.3 is 12.1 Å². The summed E-state index contributed by atoms with van der Waals surface area (Å²) in [6.45, 7) is -2.00. The number of rotatable bonds is 5. The van der Waals surface area contributed by atoms with E-state index in [1.807, 2.05) is 0 Å². The van der Waals surface area contributed by atoms with Gasteiger partial charge in [-0.05, 0) is 44.2 Å². The second kappa shape index (κ2) is 10.5. The molecule has 1 spiro atoms. The van der Waals surface area contributed by atoms with Gasteiger partial charge in [-0.15, -0.1) is 0 Å². The molecule has 3 amide bonds. The summed E-state index contributed by atoms with van der Waals surface area (Å²) in [6, 6.07) is 1.46. The van der Waals surface area contributed by atoms with Crippen LogP contribution in [0.3, 0.4) is 0 Å². The van der Waals surface area contributed by atoms with Gasteiger partial charge in [0.05, 0.1) is 16.1 Å². The van der Waals surface area contributed by atoms with Crippen LogP contribution in [0.5, 0.6) is 0 Å². The SMILES string of the molecule is O=C(CN1C(=O)C2(CCN(C(=O)C3CCC4NNC(C(=O)O)C4C3)CC2)c2c1ccc(F)c2Cl)NCC(F)(F)F. The number of piperidine rings is 1. The van der Waals surface area contributed by atoms with E-state index in [4.69, 9.17) is 11.6 Å². The maximum Gasteiger partial charge on any atom is 0.405 e. The van der Waals surface area contributed by atoms with Crippen molar-refractivity contribution in [2.75, 3.05) is 31.1 Å². The Hall–Kier alpha value is -2.97. The number of hydrogen-bond donors (Lipinski definition) is 4. The van der Waals surface area contributed by atoms with Gasteiger partial charge in [-0.3, -0.25) is 24.6 Å². The minimum atomic E-state index is -4.63. The molecule has 3 fully saturated rings. The molecule has 4 atom stereocenters. The third-order valence-electron chi connectivity index (χ3n) is 8.58. The van der Waals surface area contributed by atoms with Crippen molar-refractivity contribution in [1.29, 1.82) is 0 Å². The fourth-order valence-corrected chi connectivity index (χ4v) is 6.95. The van der Waals surface area contributed by atoms with Crippen molar-refractivity contribution in [3.63, 3.8) is 0 Å². The van der Waals surface area contributed by atoms with Crippen LogP contribution in [0.15, 0.2) is 12.1 Å². The lowest BCUT2D eigenvalue weighted by Gasteiger charge is -2.41. The number of halogens is 5. The molecule has 4 N–H and O–H groups in total. The zero-order chi connectivity index (χ0) is 29.0. The Morgan fingerprint density at radius 1 is 1.15 bits per heavy atom. The maximum atomic E-state index is 14.5. The second-order valence-electron chi connectivity index (χ2n) is 10.8. The number of fused-ring (bicyclic) bond motifs is 3. The zero-order valence-corrected chi connectivity index (χ0v) is 21.9. The van der Waals surface area contributed by atoms with Gasteiger partial charge < -0.3 is 20.2 Å². The first-order valence-corrected chi connectivity index (χ1v) is 13.4. The van der Waals surface area contributed by atoms with Crippen LogP contribution in [0, 0.1) is 17.7 Å². The second-order valence-corrected chi connectivity index (χ2v) is 11.2. The Morgan fingerprint density at radius 3 is 2.50 bits per heavy atom. The van der Waals surface area contributed by atoms with E-state index in [9.17, 15) is 41.8 Å². The number of anilines is 1. The molecule has 1 saturated carbocycles. The average molecular weight is 590 g/mol. The standard InChI is InChI=1S/C25H28ClF4N5O5/c26-19-14(27)2-4-16-18(19)24(23(40)35(16)10-17(36)31-11-25(28,29)30)5-7-34(8-6-24)21(37)12-1-3-15-13(9-12)20(22(38)39)33-32-15/h2,4,12-13,15,20,32-33H,1,3,5-11H2,(H,31,36)(H,38,39).